The summed E-state index contributed by atoms with van der Waals surface area (Å²) < 4.78 is 0. The van der Waals surface area contributed by atoms with Crippen molar-refractivity contribution in [2.24, 2.45) is 41.4 Å². The Morgan fingerprint density at radius 1 is 0.861 bits per heavy atom. The summed E-state index contributed by atoms with van der Waals surface area (Å²) in [6.45, 7) is 16.0. The highest BCUT2D eigenvalue weighted by Gasteiger charge is 2.51. The van der Waals surface area contributed by atoms with Gasteiger partial charge in [-0.25, -0.2) is 0 Å². The van der Waals surface area contributed by atoms with Crippen LogP contribution in [0.5, 0.6) is 0 Å². The second-order valence-corrected chi connectivity index (χ2v) is 13.2. The molecule has 36 heavy (non-hydrogen) atoms. The quantitative estimate of drug-likeness (QED) is 0.366. The number of benzene rings is 2. The predicted octanol–water partition coefficient (Wildman–Crippen LogP) is 9.29. The molecule has 2 aromatic rings. The summed E-state index contributed by atoms with van der Waals surface area (Å²) in [7, 11) is 0. The Balaban J connectivity index is 1.19. The molecule has 7 rings (SSSR count). The van der Waals surface area contributed by atoms with E-state index in [1.807, 2.05) is 0 Å². The number of allylic oxidation sites excluding steroid dienone is 3. The van der Waals surface area contributed by atoms with Crippen molar-refractivity contribution in [3.8, 4) is 11.1 Å². The van der Waals surface area contributed by atoms with Gasteiger partial charge >= 0.3 is 0 Å². The third kappa shape index (κ3) is 3.54. The molecule has 0 spiro atoms. The second-order valence-electron chi connectivity index (χ2n) is 13.2. The number of fused-ring (bicyclic) bond motifs is 4. The number of rotatable bonds is 6. The highest BCUT2D eigenvalue weighted by Crippen LogP contribution is 2.61. The first kappa shape index (κ1) is 22.8. The number of hydrogen-bond donors (Lipinski definition) is 0. The molecule has 4 saturated carbocycles. The zero-order valence-corrected chi connectivity index (χ0v) is 22.6. The third-order valence-corrected chi connectivity index (χ3v) is 11.1. The fourth-order valence-corrected chi connectivity index (χ4v) is 9.24. The average Bonchev–Trinajstić information content (AvgIpc) is 3.10. The molecule has 0 amide bonds. The van der Waals surface area contributed by atoms with Crippen molar-refractivity contribution in [3.63, 3.8) is 0 Å². The Hall–Kier alpha value is -2.34. The van der Waals surface area contributed by atoms with Crippen LogP contribution in [0.4, 0.5) is 0 Å². The maximum absolute atomic E-state index is 4.48. The van der Waals surface area contributed by atoms with Crippen molar-refractivity contribution in [2.75, 3.05) is 0 Å². The molecule has 0 saturated heterocycles. The minimum absolute atomic E-state index is 0.513. The Morgan fingerprint density at radius 2 is 1.64 bits per heavy atom. The van der Waals surface area contributed by atoms with Crippen molar-refractivity contribution in [1.29, 1.82) is 0 Å². The van der Waals surface area contributed by atoms with Crippen LogP contribution in [0.2, 0.25) is 0 Å². The predicted molar refractivity (Wildman–Crippen MR) is 153 cm³/mol. The molecule has 0 radical (unpaired) electrons. The zero-order valence-electron chi connectivity index (χ0n) is 22.6. The van der Waals surface area contributed by atoms with Crippen molar-refractivity contribution >= 4 is 6.08 Å². The average molecular weight is 475 g/mol. The first-order chi connectivity index (χ1) is 17.4. The van der Waals surface area contributed by atoms with E-state index < -0.39 is 0 Å². The van der Waals surface area contributed by atoms with Gasteiger partial charge in [0.15, 0.2) is 0 Å². The molecule has 0 aromatic heterocycles. The molecule has 5 aliphatic rings. The van der Waals surface area contributed by atoms with Crippen LogP contribution in [0.1, 0.15) is 73.3 Å². The maximum atomic E-state index is 4.48. The van der Waals surface area contributed by atoms with E-state index in [4.69, 9.17) is 0 Å². The second kappa shape index (κ2) is 8.34. The van der Waals surface area contributed by atoms with Crippen LogP contribution in [0, 0.1) is 55.3 Å². The van der Waals surface area contributed by atoms with Gasteiger partial charge < -0.3 is 0 Å². The van der Waals surface area contributed by atoms with E-state index in [1.54, 1.807) is 16.7 Å². The monoisotopic (exact) mass is 474 g/mol. The lowest BCUT2D eigenvalue weighted by Gasteiger charge is -2.30. The van der Waals surface area contributed by atoms with Crippen molar-refractivity contribution < 1.29 is 0 Å². The van der Waals surface area contributed by atoms with Crippen LogP contribution in [-0.4, -0.2) is 0 Å². The Morgan fingerprint density at radius 3 is 2.39 bits per heavy atom. The number of aryl methyl sites for hydroxylation is 2. The fourth-order valence-electron chi connectivity index (χ4n) is 9.24. The fraction of sp³-hybridized carbons (Fsp3) is 0.500. The standard InChI is InChI=1S/C36H42/c1-6-26-12-24-14-28(34(26)16-24)18-30-21(3)10-20(2)11-36(30)29-9-7-8-27-13-25(17-35(27)29)15-31-22(4)32-19-33(32)23(31)5/h7-11,13,24,26,28,31-34H,4-6,12,14-19H2,1-3H3/t24-,26?,28+,31?,32?,33?,34+/m1/s1. The Kier molecular flexibility index (Phi) is 5.29. The minimum Gasteiger partial charge on any atom is -0.0989 e. The van der Waals surface area contributed by atoms with Gasteiger partial charge in [-0.15, -0.1) is 0 Å². The lowest BCUT2D eigenvalue weighted by molar-refractivity contribution is 0.231. The molecule has 6 atom stereocenters. The third-order valence-electron chi connectivity index (χ3n) is 11.1. The van der Waals surface area contributed by atoms with E-state index in [0.29, 0.717) is 5.92 Å². The van der Waals surface area contributed by atoms with Crippen LogP contribution in [0.15, 0.2) is 60.2 Å². The van der Waals surface area contributed by atoms with Gasteiger partial charge in [-0.1, -0.05) is 85.2 Å². The lowest BCUT2D eigenvalue weighted by Crippen LogP contribution is -2.22. The van der Waals surface area contributed by atoms with E-state index in [0.717, 1.165) is 48.3 Å². The molecule has 186 valence electrons. The van der Waals surface area contributed by atoms with E-state index >= 15 is 0 Å². The molecule has 2 bridgehead atoms. The molecule has 0 N–H and O–H groups in total. The molecule has 3 unspecified atom stereocenters. The summed E-state index contributed by atoms with van der Waals surface area (Å²) >= 11 is 0. The normalized spacial score (nSPS) is 33.8. The Bertz CT molecular complexity index is 1280. The summed E-state index contributed by atoms with van der Waals surface area (Å²) in [4.78, 5) is 0. The molecule has 2 aromatic carbocycles. The molecule has 4 fully saturated rings. The van der Waals surface area contributed by atoms with Crippen LogP contribution < -0.4 is 0 Å². The van der Waals surface area contributed by atoms with Crippen LogP contribution >= 0.6 is 0 Å². The highest BCUT2D eigenvalue weighted by atomic mass is 14.6. The van der Waals surface area contributed by atoms with Crippen molar-refractivity contribution in [1.82, 2.24) is 0 Å². The van der Waals surface area contributed by atoms with Gasteiger partial charge in [0.05, 0.1) is 0 Å². The summed E-state index contributed by atoms with van der Waals surface area (Å²) in [6.07, 6.45) is 13.1. The molecule has 0 heteroatoms. The van der Waals surface area contributed by atoms with Crippen LogP contribution in [0.3, 0.4) is 0 Å². The molecular weight excluding hydrogens is 432 g/mol. The van der Waals surface area contributed by atoms with Gasteiger partial charge in [-0.3, -0.25) is 0 Å². The highest BCUT2D eigenvalue weighted by molar-refractivity contribution is 5.80. The van der Waals surface area contributed by atoms with E-state index in [-0.39, 0.29) is 0 Å². The first-order valence-corrected chi connectivity index (χ1v) is 14.7. The first-order valence-electron chi connectivity index (χ1n) is 14.7. The lowest BCUT2D eigenvalue weighted by atomic mass is 9.75. The smallest absolute Gasteiger partial charge is 0.00449 e. The zero-order chi connectivity index (χ0) is 24.7. The topological polar surface area (TPSA) is 0 Å². The van der Waals surface area contributed by atoms with E-state index in [9.17, 15) is 0 Å². The van der Waals surface area contributed by atoms with E-state index in [1.165, 1.54) is 77.5 Å². The molecule has 0 nitrogen and oxygen atoms in total. The van der Waals surface area contributed by atoms with Gasteiger partial charge in [0.25, 0.3) is 0 Å². The minimum atomic E-state index is 0.513. The van der Waals surface area contributed by atoms with Gasteiger partial charge in [0, 0.05) is 5.92 Å². The van der Waals surface area contributed by atoms with Crippen molar-refractivity contribution in [2.45, 2.75) is 72.1 Å². The summed E-state index contributed by atoms with van der Waals surface area (Å²) in [5.41, 5.74) is 15.0. The summed E-state index contributed by atoms with van der Waals surface area (Å²) in [6, 6.07) is 12.0. The van der Waals surface area contributed by atoms with Gasteiger partial charge in [0.1, 0.15) is 0 Å². The van der Waals surface area contributed by atoms with Gasteiger partial charge in [-0.2, -0.15) is 0 Å². The van der Waals surface area contributed by atoms with E-state index in [2.05, 4.69) is 70.3 Å². The van der Waals surface area contributed by atoms with Crippen LogP contribution in [0.25, 0.3) is 17.2 Å². The maximum Gasteiger partial charge on any atom is 0.00449 e. The van der Waals surface area contributed by atoms with Crippen molar-refractivity contribution in [3.05, 3.63) is 88.0 Å². The number of hydrogen-bond acceptors (Lipinski definition) is 0. The molecular formula is C36H42. The van der Waals surface area contributed by atoms with Gasteiger partial charge in [-0.05, 0) is 128 Å². The molecule has 0 heterocycles. The molecule has 0 aliphatic heterocycles. The Labute approximate surface area is 218 Å². The molecule has 5 aliphatic carbocycles. The van der Waals surface area contributed by atoms with Gasteiger partial charge in [0.2, 0.25) is 0 Å². The summed E-state index contributed by atoms with van der Waals surface area (Å²) in [5, 5.41) is 0. The van der Waals surface area contributed by atoms with Crippen LogP contribution in [-0.2, 0) is 12.8 Å². The largest absolute Gasteiger partial charge is 0.0989 e. The SMILES string of the molecule is C=C1C(CC2=Cc3cccc(-c4cc(C)cc(C)c4C[C@@H]4C[C@H]5CC(CC)[C@@H]4C5)c3C2)C(=C)C2CC12. The summed E-state index contributed by atoms with van der Waals surface area (Å²) in [5.74, 6) is 5.82.